The molecule has 1 aromatic carbocycles. The molecule has 5 nitrogen and oxygen atoms in total. The fraction of sp³-hybridized carbons (Fsp3) is 0.588. The predicted octanol–water partition coefficient (Wildman–Crippen LogP) is 2.52. The van der Waals surface area contributed by atoms with Crippen molar-refractivity contribution in [3.8, 4) is 5.75 Å². The first-order valence-electron chi connectivity index (χ1n) is 8.21. The first kappa shape index (κ1) is 19.7. The standard InChI is InChI=1S/C17H27N3O2.ClH/c1-3-11-20(14-9-10-18-12-14)13-17(21)19-15-7-5-6-8-16(15)22-4-2;/h5-8,14,18H,3-4,9-13H2,1-2H3,(H,19,21);1H. The van der Waals surface area contributed by atoms with Gasteiger partial charge < -0.3 is 15.4 Å². The van der Waals surface area contributed by atoms with Crippen LogP contribution in [-0.4, -0.2) is 49.6 Å². The minimum atomic E-state index is 0. The Hall–Kier alpha value is -1.30. The maximum Gasteiger partial charge on any atom is 0.238 e. The summed E-state index contributed by atoms with van der Waals surface area (Å²) in [5.74, 6) is 0.746. The molecule has 0 bridgehead atoms. The van der Waals surface area contributed by atoms with Crippen LogP contribution in [0.25, 0.3) is 0 Å². The van der Waals surface area contributed by atoms with E-state index in [0.717, 1.165) is 43.9 Å². The van der Waals surface area contributed by atoms with Crippen molar-refractivity contribution in [3.05, 3.63) is 24.3 Å². The molecule has 0 radical (unpaired) electrons. The highest BCUT2D eigenvalue weighted by molar-refractivity contribution is 5.93. The number of nitrogens with zero attached hydrogens (tertiary/aromatic N) is 1. The van der Waals surface area contributed by atoms with Crippen molar-refractivity contribution in [3.63, 3.8) is 0 Å². The Bertz CT molecular complexity index is 479. The van der Waals surface area contributed by atoms with Gasteiger partial charge in [-0.2, -0.15) is 0 Å². The average Bonchev–Trinajstić information content (AvgIpc) is 3.03. The number of anilines is 1. The molecule has 1 aliphatic heterocycles. The van der Waals surface area contributed by atoms with Crippen molar-refractivity contribution < 1.29 is 9.53 Å². The number of nitrogens with one attached hydrogen (secondary N) is 2. The first-order valence-corrected chi connectivity index (χ1v) is 8.21. The van der Waals surface area contributed by atoms with Gasteiger partial charge in [0.05, 0.1) is 18.8 Å². The van der Waals surface area contributed by atoms with Gasteiger partial charge in [0.1, 0.15) is 5.75 Å². The molecule has 1 atom stereocenters. The molecule has 2 rings (SSSR count). The SMILES string of the molecule is CCCN(CC(=O)Nc1ccccc1OCC)C1CCNC1.Cl. The second-order valence-electron chi connectivity index (χ2n) is 5.59. The quantitative estimate of drug-likeness (QED) is 0.763. The highest BCUT2D eigenvalue weighted by atomic mass is 35.5. The van der Waals surface area contributed by atoms with Gasteiger partial charge >= 0.3 is 0 Å². The van der Waals surface area contributed by atoms with Gasteiger partial charge in [0.15, 0.2) is 0 Å². The average molecular weight is 342 g/mol. The summed E-state index contributed by atoms with van der Waals surface area (Å²) in [5.41, 5.74) is 0.746. The van der Waals surface area contributed by atoms with Gasteiger partial charge in [-0.1, -0.05) is 19.1 Å². The highest BCUT2D eigenvalue weighted by Crippen LogP contribution is 2.23. The van der Waals surface area contributed by atoms with E-state index >= 15 is 0 Å². The summed E-state index contributed by atoms with van der Waals surface area (Å²) >= 11 is 0. The van der Waals surface area contributed by atoms with Gasteiger partial charge in [0.2, 0.25) is 5.91 Å². The second-order valence-corrected chi connectivity index (χ2v) is 5.59. The Morgan fingerprint density at radius 3 is 2.83 bits per heavy atom. The minimum absolute atomic E-state index is 0. The second kappa shape index (κ2) is 10.5. The van der Waals surface area contributed by atoms with E-state index in [0.29, 0.717) is 19.2 Å². The lowest BCUT2D eigenvalue weighted by atomic mass is 10.2. The summed E-state index contributed by atoms with van der Waals surface area (Å²) in [4.78, 5) is 14.7. The van der Waals surface area contributed by atoms with Crippen LogP contribution >= 0.6 is 12.4 Å². The third-order valence-corrected chi connectivity index (χ3v) is 3.87. The first-order chi connectivity index (χ1) is 10.7. The third-order valence-electron chi connectivity index (χ3n) is 3.87. The molecule has 0 aromatic heterocycles. The van der Waals surface area contributed by atoms with Crippen LogP contribution in [0.15, 0.2) is 24.3 Å². The molecule has 1 saturated heterocycles. The minimum Gasteiger partial charge on any atom is -0.492 e. The number of ether oxygens (including phenoxy) is 1. The summed E-state index contributed by atoms with van der Waals surface area (Å²) in [6.07, 6.45) is 2.17. The van der Waals surface area contributed by atoms with E-state index in [1.807, 2.05) is 31.2 Å². The Kier molecular flexibility index (Phi) is 8.99. The van der Waals surface area contributed by atoms with Crippen molar-refractivity contribution in [2.45, 2.75) is 32.7 Å². The Labute approximate surface area is 145 Å². The van der Waals surface area contributed by atoms with Crippen LogP contribution in [0.3, 0.4) is 0 Å². The molecule has 1 aromatic rings. The molecule has 1 amide bonds. The monoisotopic (exact) mass is 341 g/mol. The summed E-state index contributed by atoms with van der Waals surface area (Å²) in [6.45, 7) is 8.07. The zero-order valence-corrected chi connectivity index (χ0v) is 14.8. The fourth-order valence-corrected chi connectivity index (χ4v) is 2.85. The van der Waals surface area contributed by atoms with E-state index in [9.17, 15) is 4.79 Å². The molecular formula is C17H28ClN3O2. The van der Waals surface area contributed by atoms with E-state index in [2.05, 4.69) is 22.5 Å². The predicted molar refractivity (Wildman–Crippen MR) is 96.6 cm³/mol. The van der Waals surface area contributed by atoms with Crippen molar-refractivity contribution in [1.82, 2.24) is 10.2 Å². The number of hydrogen-bond acceptors (Lipinski definition) is 4. The molecule has 1 fully saturated rings. The number of rotatable bonds is 8. The number of benzene rings is 1. The zero-order valence-electron chi connectivity index (χ0n) is 14.0. The smallest absolute Gasteiger partial charge is 0.238 e. The lowest BCUT2D eigenvalue weighted by molar-refractivity contribution is -0.117. The van der Waals surface area contributed by atoms with Crippen molar-refractivity contribution in [1.29, 1.82) is 0 Å². The van der Waals surface area contributed by atoms with Gasteiger partial charge in [-0.05, 0) is 45.0 Å². The molecule has 6 heteroatoms. The van der Waals surface area contributed by atoms with Crippen LogP contribution in [0.5, 0.6) is 5.75 Å². The Morgan fingerprint density at radius 2 is 2.17 bits per heavy atom. The number of para-hydroxylation sites is 2. The van der Waals surface area contributed by atoms with Crippen LogP contribution in [0, 0.1) is 0 Å². The normalized spacial score (nSPS) is 16.9. The van der Waals surface area contributed by atoms with Crippen molar-refractivity contribution in [2.75, 3.05) is 38.1 Å². The molecule has 0 saturated carbocycles. The van der Waals surface area contributed by atoms with E-state index in [1.54, 1.807) is 0 Å². The van der Waals surface area contributed by atoms with Gasteiger partial charge in [-0.25, -0.2) is 0 Å². The molecule has 130 valence electrons. The Balaban J connectivity index is 0.00000264. The molecule has 1 unspecified atom stereocenters. The van der Waals surface area contributed by atoms with Crippen molar-refractivity contribution in [2.24, 2.45) is 0 Å². The zero-order chi connectivity index (χ0) is 15.8. The summed E-state index contributed by atoms with van der Waals surface area (Å²) in [7, 11) is 0. The maximum absolute atomic E-state index is 12.4. The molecule has 1 aliphatic rings. The van der Waals surface area contributed by atoms with E-state index in [4.69, 9.17) is 4.74 Å². The molecule has 23 heavy (non-hydrogen) atoms. The van der Waals surface area contributed by atoms with Crippen LogP contribution < -0.4 is 15.4 Å². The van der Waals surface area contributed by atoms with Crippen LogP contribution in [0.1, 0.15) is 26.7 Å². The summed E-state index contributed by atoms with van der Waals surface area (Å²) in [5, 5.41) is 6.35. The van der Waals surface area contributed by atoms with Crippen LogP contribution in [0.2, 0.25) is 0 Å². The molecule has 0 aliphatic carbocycles. The number of carbonyl (C=O) groups excluding carboxylic acids is 1. The summed E-state index contributed by atoms with van der Waals surface area (Å²) in [6, 6.07) is 8.04. The molecule has 2 N–H and O–H groups in total. The third kappa shape index (κ3) is 6.01. The van der Waals surface area contributed by atoms with E-state index < -0.39 is 0 Å². The van der Waals surface area contributed by atoms with Gasteiger partial charge in [-0.3, -0.25) is 9.69 Å². The lowest BCUT2D eigenvalue weighted by Gasteiger charge is -2.27. The Morgan fingerprint density at radius 1 is 1.39 bits per heavy atom. The maximum atomic E-state index is 12.4. The van der Waals surface area contributed by atoms with Gasteiger partial charge in [0, 0.05) is 12.6 Å². The molecule has 0 spiro atoms. The topological polar surface area (TPSA) is 53.6 Å². The van der Waals surface area contributed by atoms with Gasteiger partial charge in [-0.15, -0.1) is 12.4 Å². The number of carbonyl (C=O) groups is 1. The van der Waals surface area contributed by atoms with E-state index in [-0.39, 0.29) is 18.3 Å². The number of halogens is 1. The number of amides is 1. The number of hydrogen-bond donors (Lipinski definition) is 2. The van der Waals surface area contributed by atoms with E-state index in [1.165, 1.54) is 0 Å². The lowest BCUT2D eigenvalue weighted by Crippen LogP contribution is -2.42. The van der Waals surface area contributed by atoms with Crippen LogP contribution in [-0.2, 0) is 4.79 Å². The van der Waals surface area contributed by atoms with Crippen molar-refractivity contribution >= 4 is 24.0 Å². The summed E-state index contributed by atoms with van der Waals surface area (Å²) < 4.78 is 5.55. The molecular weight excluding hydrogens is 314 g/mol. The van der Waals surface area contributed by atoms with Gasteiger partial charge in [0.25, 0.3) is 0 Å². The largest absolute Gasteiger partial charge is 0.492 e. The molecule has 1 heterocycles. The highest BCUT2D eigenvalue weighted by Gasteiger charge is 2.23. The van der Waals surface area contributed by atoms with Crippen LogP contribution in [0.4, 0.5) is 5.69 Å². The fourth-order valence-electron chi connectivity index (χ4n) is 2.85.